The molecule has 0 atom stereocenters. The molecule has 0 aliphatic carbocycles. The molecule has 8 heteroatoms. The smallest absolute Gasteiger partial charge is 0.262 e. The third-order valence-electron chi connectivity index (χ3n) is 4.76. The van der Waals surface area contributed by atoms with Crippen LogP contribution in [0.2, 0.25) is 0 Å². The number of carbonyl (C=O) groups excluding carboxylic acids is 1. The van der Waals surface area contributed by atoms with Crippen LogP contribution in [0.25, 0.3) is 0 Å². The molecule has 3 aromatic carbocycles. The maximum Gasteiger partial charge on any atom is 0.262 e. The zero-order valence-electron chi connectivity index (χ0n) is 18.2. The fraction of sp³-hybridized carbons (Fsp3) is 0.208. The van der Waals surface area contributed by atoms with E-state index in [9.17, 15) is 13.2 Å². The lowest BCUT2D eigenvalue weighted by molar-refractivity contribution is 0.0785. The molecule has 0 saturated heterocycles. The van der Waals surface area contributed by atoms with Crippen molar-refractivity contribution in [3.8, 4) is 11.5 Å². The second kappa shape index (κ2) is 10.2. The Bertz CT molecular complexity index is 1160. The second-order valence-corrected chi connectivity index (χ2v) is 8.75. The van der Waals surface area contributed by atoms with Gasteiger partial charge in [-0.15, -0.1) is 0 Å². The number of hydrogen-bond donors (Lipinski definition) is 1. The van der Waals surface area contributed by atoms with E-state index in [0.717, 1.165) is 11.3 Å². The first-order chi connectivity index (χ1) is 15.3. The number of methoxy groups -OCH3 is 1. The highest BCUT2D eigenvalue weighted by atomic mass is 32.2. The summed E-state index contributed by atoms with van der Waals surface area (Å²) in [7, 11) is -0.662. The Morgan fingerprint density at radius 3 is 2.25 bits per heavy atom. The van der Waals surface area contributed by atoms with Gasteiger partial charge in [-0.3, -0.25) is 9.52 Å². The number of hydrogen-bond acceptors (Lipinski definition) is 5. The molecular formula is C24H26N2O5S. The number of benzene rings is 3. The first-order valence-electron chi connectivity index (χ1n) is 10.1. The first-order valence-corrected chi connectivity index (χ1v) is 11.6. The van der Waals surface area contributed by atoms with Crippen LogP contribution in [0.15, 0.2) is 77.7 Å². The monoisotopic (exact) mass is 454 g/mol. The number of rotatable bonds is 9. The van der Waals surface area contributed by atoms with Crippen molar-refractivity contribution in [3.05, 3.63) is 83.9 Å². The van der Waals surface area contributed by atoms with Gasteiger partial charge >= 0.3 is 0 Å². The van der Waals surface area contributed by atoms with Gasteiger partial charge in [0.15, 0.2) is 0 Å². The summed E-state index contributed by atoms with van der Waals surface area (Å²) in [5.41, 5.74) is 1.70. The third-order valence-corrected chi connectivity index (χ3v) is 6.15. The van der Waals surface area contributed by atoms with Crippen LogP contribution in [0.5, 0.6) is 11.5 Å². The fourth-order valence-corrected chi connectivity index (χ4v) is 4.20. The van der Waals surface area contributed by atoms with Crippen LogP contribution in [-0.4, -0.2) is 40.0 Å². The minimum absolute atomic E-state index is 0.0501. The second-order valence-electron chi connectivity index (χ2n) is 7.07. The number of nitrogens with one attached hydrogen (secondary N) is 1. The Kier molecular flexibility index (Phi) is 7.37. The zero-order chi connectivity index (χ0) is 23.1. The van der Waals surface area contributed by atoms with E-state index in [1.165, 1.54) is 31.4 Å². The molecule has 0 aliphatic heterocycles. The zero-order valence-corrected chi connectivity index (χ0v) is 19.1. The summed E-state index contributed by atoms with van der Waals surface area (Å²) in [6.45, 7) is 2.93. The lowest BCUT2D eigenvalue weighted by atomic mass is 10.1. The molecule has 0 radical (unpaired) electrons. The molecule has 3 aromatic rings. The predicted molar refractivity (Wildman–Crippen MR) is 124 cm³/mol. The summed E-state index contributed by atoms with van der Waals surface area (Å²) >= 11 is 0. The highest BCUT2D eigenvalue weighted by molar-refractivity contribution is 7.92. The molecule has 0 unspecified atom stereocenters. The Balaban J connectivity index is 1.69. The van der Waals surface area contributed by atoms with Gasteiger partial charge in [-0.1, -0.05) is 24.3 Å². The molecule has 1 amide bonds. The van der Waals surface area contributed by atoms with Gasteiger partial charge in [-0.25, -0.2) is 8.42 Å². The first kappa shape index (κ1) is 23.1. The number of para-hydroxylation sites is 2. The maximum atomic E-state index is 12.8. The predicted octanol–water partition coefficient (Wildman–Crippen LogP) is 4.17. The van der Waals surface area contributed by atoms with E-state index in [1.807, 2.05) is 31.2 Å². The number of carbonyl (C=O) groups is 1. The van der Waals surface area contributed by atoms with Gasteiger partial charge in [0.1, 0.15) is 11.5 Å². The van der Waals surface area contributed by atoms with E-state index in [2.05, 4.69) is 4.72 Å². The number of anilines is 1. The van der Waals surface area contributed by atoms with Gasteiger partial charge < -0.3 is 14.4 Å². The van der Waals surface area contributed by atoms with Crippen LogP contribution >= 0.6 is 0 Å². The Morgan fingerprint density at radius 2 is 1.62 bits per heavy atom. The Hall–Kier alpha value is -3.52. The van der Waals surface area contributed by atoms with Crippen LogP contribution in [0, 0.1) is 0 Å². The van der Waals surface area contributed by atoms with Crippen molar-refractivity contribution in [1.29, 1.82) is 0 Å². The van der Waals surface area contributed by atoms with E-state index >= 15 is 0 Å². The van der Waals surface area contributed by atoms with Crippen LogP contribution in [0.4, 0.5) is 5.69 Å². The van der Waals surface area contributed by atoms with Crippen LogP contribution < -0.4 is 14.2 Å². The quantitative estimate of drug-likeness (QED) is 0.525. The van der Waals surface area contributed by atoms with Crippen molar-refractivity contribution < 1.29 is 22.7 Å². The molecule has 3 rings (SSSR count). The van der Waals surface area contributed by atoms with Gasteiger partial charge in [0, 0.05) is 19.2 Å². The van der Waals surface area contributed by atoms with Gasteiger partial charge in [0.05, 0.1) is 24.3 Å². The molecule has 0 spiro atoms. The fourth-order valence-electron chi connectivity index (χ4n) is 3.13. The van der Waals surface area contributed by atoms with Crippen LogP contribution in [0.3, 0.4) is 0 Å². The Labute approximate surface area is 188 Å². The largest absolute Gasteiger partial charge is 0.495 e. The number of ether oxygens (including phenoxy) is 2. The molecular weight excluding hydrogens is 428 g/mol. The number of nitrogens with zero attached hydrogens (tertiary/aromatic N) is 1. The summed E-state index contributed by atoms with van der Waals surface area (Å²) < 4.78 is 38.6. The molecule has 0 aliphatic rings. The number of sulfonamides is 1. The van der Waals surface area contributed by atoms with Crippen molar-refractivity contribution in [3.63, 3.8) is 0 Å². The van der Waals surface area contributed by atoms with Gasteiger partial charge in [0.2, 0.25) is 0 Å². The molecule has 168 valence electrons. The van der Waals surface area contributed by atoms with Crippen molar-refractivity contribution in [2.24, 2.45) is 0 Å². The van der Waals surface area contributed by atoms with E-state index in [1.54, 1.807) is 36.2 Å². The van der Waals surface area contributed by atoms with Crippen molar-refractivity contribution in [2.45, 2.75) is 18.4 Å². The normalized spacial score (nSPS) is 11.0. The average molecular weight is 455 g/mol. The SMILES string of the molecule is CCOc1ccc(CN(C)C(=O)c2ccc(S(=O)(=O)Nc3ccccc3OC)cc2)cc1. The molecule has 0 saturated carbocycles. The number of amides is 1. The van der Waals surface area contributed by atoms with Crippen molar-refractivity contribution in [1.82, 2.24) is 4.90 Å². The molecule has 7 nitrogen and oxygen atoms in total. The van der Waals surface area contributed by atoms with Crippen LogP contribution in [0.1, 0.15) is 22.8 Å². The van der Waals surface area contributed by atoms with Gasteiger partial charge in [-0.2, -0.15) is 0 Å². The summed E-state index contributed by atoms with van der Waals surface area (Å²) in [6.07, 6.45) is 0. The van der Waals surface area contributed by atoms with Gasteiger partial charge in [0.25, 0.3) is 15.9 Å². The topological polar surface area (TPSA) is 84.9 Å². The molecule has 1 N–H and O–H groups in total. The van der Waals surface area contributed by atoms with Crippen molar-refractivity contribution in [2.75, 3.05) is 25.5 Å². The highest BCUT2D eigenvalue weighted by Crippen LogP contribution is 2.26. The minimum Gasteiger partial charge on any atom is -0.495 e. The summed E-state index contributed by atoms with van der Waals surface area (Å²) in [6, 6.07) is 20.1. The average Bonchev–Trinajstić information content (AvgIpc) is 2.80. The molecule has 0 fully saturated rings. The molecule has 0 heterocycles. The maximum absolute atomic E-state index is 12.8. The molecule has 0 aromatic heterocycles. The van der Waals surface area contributed by atoms with Crippen LogP contribution in [-0.2, 0) is 16.6 Å². The van der Waals surface area contributed by atoms with E-state index in [4.69, 9.17) is 9.47 Å². The summed E-state index contributed by atoms with van der Waals surface area (Å²) in [5, 5.41) is 0. The van der Waals surface area contributed by atoms with E-state index in [0.29, 0.717) is 30.2 Å². The third kappa shape index (κ3) is 5.59. The molecule has 32 heavy (non-hydrogen) atoms. The summed E-state index contributed by atoms with van der Waals surface area (Å²) in [5.74, 6) is 0.989. The van der Waals surface area contributed by atoms with E-state index < -0.39 is 10.0 Å². The van der Waals surface area contributed by atoms with E-state index in [-0.39, 0.29) is 10.8 Å². The van der Waals surface area contributed by atoms with Gasteiger partial charge in [-0.05, 0) is 61.0 Å². The standard InChI is InChI=1S/C24H26N2O5S/c1-4-31-20-13-9-18(10-14-20)17-26(2)24(27)19-11-15-21(16-12-19)32(28,29)25-22-7-5-6-8-23(22)30-3/h5-16,25H,4,17H2,1-3H3. The minimum atomic E-state index is -3.83. The molecule has 0 bridgehead atoms. The lowest BCUT2D eigenvalue weighted by Crippen LogP contribution is -2.26. The lowest BCUT2D eigenvalue weighted by Gasteiger charge is -2.18. The highest BCUT2D eigenvalue weighted by Gasteiger charge is 2.18. The van der Waals surface area contributed by atoms with Crippen molar-refractivity contribution >= 4 is 21.6 Å². The Morgan fingerprint density at radius 1 is 0.969 bits per heavy atom. The summed E-state index contributed by atoms with van der Waals surface area (Å²) in [4.78, 5) is 14.4.